The SMILES string of the molecule is CC1(C2CC2)NC(=O)N(CC(=O)NCC2CCCO2)C1=O. The van der Waals surface area contributed by atoms with Crippen molar-refractivity contribution in [3.63, 3.8) is 0 Å². The number of carbonyl (C=O) groups excluding carboxylic acids is 3. The van der Waals surface area contributed by atoms with E-state index in [9.17, 15) is 14.4 Å². The number of rotatable bonds is 5. The molecule has 3 aliphatic rings. The van der Waals surface area contributed by atoms with Crippen LogP contribution in [0, 0.1) is 5.92 Å². The summed E-state index contributed by atoms with van der Waals surface area (Å²) in [4.78, 5) is 37.2. The van der Waals surface area contributed by atoms with Gasteiger partial charge in [-0.1, -0.05) is 0 Å². The summed E-state index contributed by atoms with van der Waals surface area (Å²) < 4.78 is 5.41. The Morgan fingerprint density at radius 2 is 2.19 bits per heavy atom. The fraction of sp³-hybridized carbons (Fsp3) is 0.786. The molecule has 2 unspecified atom stereocenters. The normalized spacial score (nSPS) is 32.4. The third-order valence-electron chi connectivity index (χ3n) is 4.55. The Morgan fingerprint density at radius 1 is 1.43 bits per heavy atom. The van der Waals surface area contributed by atoms with E-state index in [0.29, 0.717) is 6.54 Å². The van der Waals surface area contributed by atoms with Gasteiger partial charge in [-0.25, -0.2) is 4.79 Å². The van der Waals surface area contributed by atoms with Crippen LogP contribution in [0.5, 0.6) is 0 Å². The summed E-state index contributed by atoms with van der Waals surface area (Å²) >= 11 is 0. The molecule has 2 aliphatic heterocycles. The van der Waals surface area contributed by atoms with Crippen LogP contribution in [0.25, 0.3) is 0 Å². The van der Waals surface area contributed by atoms with Crippen molar-refractivity contribution in [3.05, 3.63) is 0 Å². The minimum absolute atomic E-state index is 0.0498. The average molecular weight is 295 g/mol. The largest absolute Gasteiger partial charge is 0.376 e. The zero-order chi connectivity index (χ0) is 15.0. The Morgan fingerprint density at radius 3 is 2.81 bits per heavy atom. The van der Waals surface area contributed by atoms with Crippen molar-refractivity contribution in [3.8, 4) is 0 Å². The van der Waals surface area contributed by atoms with E-state index in [1.807, 2.05) is 0 Å². The number of nitrogens with zero attached hydrogens (tertiary/aromatic N) is 1. The van der Waals surface area contributed by atoms with Crippen molar-refractivity contribution in [2.75, 3.05) is 19.7 Å². The van der Waals surface area contributed by atoms with Crippen molar-refractivity contribution in [1.82, 2.24) is 15.5 Å². The van der Waals surface area contributed by atoms with Crippen LogP contribution < -0.4 is 10.6 Å². The zero-order valence-corrected chi connectivity index (χ0v) is 12.2. The number of ether oxygens (including phenoxy) is 1. The molecule has 3 rings (SSSR count). The predicted molar refractivity (Wildman–Crippen MR) is 73.4 cm³/mol. The summed E-state index contributed by atoms with van der Waals surface area (Å²) in [5, 5.41) is 5.45. The smallest absolute Gasteiger partial charge is 0.325 e. The lowest BCUT2D eigenvalue weighted by atomic mass is 9.96. The van der Waals surface area contributed by atoms with E-state index in [1.54, 1.807) is 6.92 Å². The summed E-state index contributed by atoms with van der Waals surface area (Å²) in [7, 11) is 0. The maximum Gasteiger partial charge on any atom is 0.325 e. The highest BCUT2D eigenvalue weighted by molar-refractivity contribution is 6.09. The van der Waals surface area contributed by atoms with Gasteiger partial charge in [-0.2, -0.15) is 0 Å². The molecule has 2 heterocycles. The van der Waals surface area contributed by atoms with Crippen molar-refractivity contribution in [1.29, 1.82) is 0 Å². The van der Waals surface area contributed by atoms with Gasteiger partial charge in [0.15, 0.2) is 0 Å². The Bertz CT molecular complexity index is 471. The Labute approximate surface area is 123 Å². The van der Waals surface area contributed by atoms with E-state index >= 15 is 0 Å². The average Bonchev–Trinajstić information content (AvgIpc) is 3.14. The number of hydrogen-bond donors (Lipinski definition) is 2. The fourth-order valence-electron chi connectivity index (χ4n) is 3.03. The molecule has 2 atom stereocenters. The number of hydrogen-bond acceptors (Lipinski definition) is 4. The van der Waals surface area contributed by atoms with E-state index in [4.69, 9.17) is 4.74 Å². The van der Waals surface area contributed by atoms with E-state index in [-0.39, 0.29) is 30.4 Å². The van der Waals surface area contributed by atoms with Gasteiger partial charge in [0, 0.05) is 13.2 Å². The van der Waals surface area contributed by atoms with Gasteiger partial charge in [0.1, 0.15) is 12.1 Å². The molecule has 7 heteroatoms. The summed E-state index contributed by atoms with van der Waals surface area (Å²) in [5.74, 6) is -0.412. The van der Waals surface area contributed by atoms with Crippen LogP contribution in [-0.2, 0) is 14.3 Å². The molecular weight excluding hydrogens is 274 g/mol. The van der Waals surface area contributed by atoms with Crippen LogP contribution in [0.3, 0.4) is 0 Å². The highest BCUT2D eigenvalue weighted by atomic mass is 16.5. The number of carbonyl (C=O) groups is 3. The van der Waals surface area contributed by atoms with Crippen LogP contribution in [0.2, 0.25) is 0 Å². The molecule has 7 nitrogen and oxygen atoms in total. The van der Waals surface area contributed by atoms with Gasteiger partial charge in [-0.15, -0.1) is 0 Å². The second kappa shape index (κ2) is 5.29. The molecule has 0 aromatic carbocycles. The molecule has 0 radical (unpaired) electrons. The molecule has 0 spiro atoms. The van der Waals surface area contributed by atoms with E-state index < -0.39 is 11.6 Å². The molecule has 21 heavy (non-hydrogen) atoms. The minimum Gasteiger partial charge on any atom is -0.376 e. The van der Waals surface area contributed by atoms with E-state index in [2.05, 4.69) is 10.6 Å². The summed E-state index contributed by atoms with van der Waals surface area (Å²) in [6.07, 6.45) is 3.88. The van der Waals surface area contributed by atoms with Crippen LogP contribution in [-0.4, -0.2) is 54.1 Å². The Balaban J connectivity index is 1.53. The predicted octanol–water partition coefficient (Wildman–Crippen LogP) is 0.00210. The second-order valence-electron chi connectivity index (χ2n) is 6.24. The van der Waals surface area contributed by atoms with Gasteiger partial charge < -0.3 is 15.4 Å². The third kappa shape index (κ3) is 2.74. The lowest BCUT2D eigenvalue weighted by Crippen LogP contribution is -2.47. The quantitative estimate of drug-likeness (QED) is 0.699. The van der Waals surface area contributed by atoms with Gasteiger partial charge in [-0.05, 0) is 38.5 Å². The lowest BCUT2D eigenvalue weighted by molar-refractivity contribution is -0.135. The molecule has 3 fully saturated rings. The first kappa shape index (κ1) is 14.3. The van der Waals surface area contributed by atoms with Gasteiger partial charge >= 0.3 is 6.03 Å². The molecule has 2 N–H and O–H groups in total. The first-order valence-corrected chi connectivity index (χ1v) is 7.53. The first-order chi connectivity index (χ1) is 10.0. The van der Waals surface area contributed by atoms with Gasteiger partial charge in [0.2, 0.25) is 5.91 Å². The topological polar surface area (TPSA) is 87.7 Å². The van der Waals surface area contributed by atoms with Crippen LogP contribution >= 0.6 is 0 Å². The molecule has 1 aliphatic carbocycles. The highest BCUT2D eigenvalue weighted by Gasteiger charge is 2.56. The second-order valence-corrected chi connectivity index (χ2v) is 6.24. The Kier molecular flexibility index (Phi) is 3.61. The van der Waals surface area contributed by atoms with E-state index in [1.165, 1.54) is 0 Å². The third-order valence-corrected chi connectivity index (χ3v) is 4.55. The number of imide groups is 1. The van der Waals surface area contributed by atoms with Crippen molar-refractivity contribution < 1.29 is 19.1 Å². The number of urea groups is 1. The molecule has 1 saturated carbocycles. The number of nitrogens with one attached hydrogen (secondary N) is 2. The molecule has 4 amide bonds. The van der Waals surface area contributed by atoms with Crippen LogP contribution in [0.1, 0.15) is 32.6 Å². The van der Waals surface area contributed by atoms with Crippen molar-refractivity contribution >= 4 is 17.8 Å². The molecule has 2 saturated heterocycles. The van der Waals surface area contributed by atoms with Crippen molar-refractivity contribution in [2.24, 2.45) is 5.92 Å². The minimum atomic E-state index is -0.827. The standard InChI is InChI=1S/C14H21N3O4/c1-14(9-4-5-9)12(19)17(13(20)16-14)8-11(18)15-7-10-3-2-6-21-10/h9-10H,2-8H2,1H3,(H,15,18)(H,16,20). The summed E-state index contributed by atoms with van der Waals surface area (Å²) in [5.41, 5.74) is -0.827. The molecule has 0 aromatic heterocycles. The molecule has 0 aromatic rings. The molecular formula is C14H21N3O4. The maximum absolute atomic E-state index is 12.4. The maximum atomic E-state index is 12.4. The van der Waals surface area contributed by atoms with Crippen LogP contribution in [0.4, 0.5) is 4.79 Å². The molecule has 116 valence electrons. The van der Waals surface area contributed by atoms with Crippen molar-refractivity contribution in [2.45, 2.75) is 44.2 Å². The lowest BCUT2D eigenvalue weighted by Gasteiger charge is -2.20. The van der Waals surface area contributed by atoms with E-state index in [0.717, 1.165) is 37.2 Å². The first-order valence-electron chi connectivity index (χ1n) is 7.53. The number of amides is 4. The Hall–Kier alpha value is -1.63. The van der Waals surface area contributed by atoms with Gasteiger partial charge in [0.05, 0.1) is 6.10 Å². The van der Waals surface area contributed by atoms with Crippen LogP contribution in [0.15, 0.2) is 0 Å². The molecule has 0 bridgehead atoms. The fourth-order valence-corrected chi connectivity index (χ4v) is 3.03. The summed E-state index contributed by atoms with van der Waals surface area (Å²) in [6.45, 7) is 2.69. The summed E-state index contributed by atoms with van der Waals surface area (Å²) in [6, 6.07) is -0.471. The van der Waals surface area contributed by atoms with Gasteiger partial charge in [0.25, 0.3) is 5.91 Å². The zero-order valence-electron chi connectivity index (χ0n) is 12.2. The monoisotopic (exact) mass is 295 g/mol. The highest BCUT2D eigenvalue weighted by Crippen LogP contribution is 2.42. The van der Waals surface area contributed by atoms with Gasteiger partial charge in [-0.3, -0.25) is 14.5 Å².